The van der Waals surface area contributed by atoms with E-state index in [2.05, 4.69) is 53.2 Å². The molecule has 0 nitrogen and oxygen atoms in total. The molecule has 1 aromatic rings. The third-order valence-electron chi connectivity index (χ3n) is 1.91. The lowest BCUT2D eigenvalue weighted by molar-refractivity contribution is 0.744. The smallest absolute Gasteiger partial charge is 0.00370 e. The van der Waals surface area contributed by atoms with Gasteiger partial charge in [-0.05, 0) is 17.9 Å². The Morgan fingerprint density at radius 2 is 1.91 bits per heavy atom. The van der Waals surface area contributed by atoms with Gasteiger partial charge in [0.2, 0.25) is 0 Å². The van der Waals surface area contributed by atoms with E-state index >= 15 is 0 Å². The van der Waals surface area contributed by atoms with Gasteiger partial charge in [-0.25, -0.2) is 0 Å². The SMILES string of the molecule is CC(CCBr)c1ccccc1. The zero-order valence-corrected chi connectivity index (χ0v) is 8.34. The molecule has 0 saturated carbocycles. The Kier molecular flexibility index (Phi) is 3.64. The molecule has 60 valence electrons. The van der Waals surface area contributed by atoms with E-state index in [0.717, 1.165) is 5.33 Å². The van der Waals surface area contributed by atoms with Crippen LogP contribution in [0.4, 0.5) is 0 Å². The quantitative estimate of drug-likeness (QED) is 0.673. The maximum Gasteiger partial charge on any atom is 0.00370 e. The molecular weight excluding hydrogens is 200 g/mol. The molecule has 11 heavy (non-hydrogen) atoms. The molecule has 0 aliphatic rings. The average molecular weight is 213 g/mol. The minimum atomic E-state index is 0.676. The first-order valence-corrected chi connectivity index (χ1v) is 5.07. The lowest BCUT2D eigenvalue weighted by atomic mass is 9.99. The van der Waals surface area contributed by atoms with Crippen molar-refractivity contribution in [1.29, 1.82) is 0 Å². The van der Waals surface area contributed by atoms with Crippen molar-refractivity contribution in [2.45, 2.75) is 19.3 Å². The van der Waals surface area contributed by atoms with Crippen LogP contribution in [0.2, 0.25) is 0 Å². The second kappa shape index (κ2) is 4.55. The van der Waals surface area contributed by atoms with Crippen LogP contribution in [0.5, 0.6) is 0 Å². The van der Waals surface area contributed by atoms with Crippen molar-refractivity contribution in [3.63, 3.8) is 0 Å². The monoisotopic (exact) mass is 212 g/mol. The Bertz CT molecular complexity index is 193. The highest BCUT2D eigenvalue weighted by molar-refractivity contribution is 9.09. The summed E-state index contributed by atoms with van der Waals surface area (Å²) in [6.45, 7) is 2.26. The Balaban J connectivity index is 2.61. The predicted octanol–water partition coefficient (Wildman–Crippen LogP) is 3.58. The predicted molar refractivity (Wildman–Crippen MR) is 53.3 cm³/mol. The highest BCUT2D eigenvalue weighted by Crippen LogP contribution is 2.18. The highest BCUT2D eigenvalue weighted by atomic mass is 79.9. The van der Waals surface area contributed by atoms with Gasteiger partial charge in [0.15, 0.2) is 0 Å². The second-order valence-electron chi connectivity index (χ2n) is 2.79. The molecule has 0 saturated heterocycles. The molecule has 1 heteroatoms. The minimum Gasteiger partial charge on any atom is -0.0928 e. The van der Waals surface area contributed by atoms with Gasteiger partial charge in [-0.2, -0.15) is 0 Å². The molecule has 1 aromatic carbocycles. The summed E-state index contributed by atoms with van der Waals surface area (Å²) in [7, 11) is 0. The molecule has 0 fully saturated rings. The zero-order chi connectivity index (χ0) is 8.10. The molecule has 0 bridgehead atoms. The van der Waals surface area contributed by atoms with Crippen molar-refractivity contribution >= 4 is 15.9 Å². The van der Waals surface area contributed by atoms with E-state index < -0.39 is 0 Å². The molecule has 0 radical (unpaired) electrons. The fourth-order valence-corrected chi connectivity index (χ4v) is 1.80. The van der Waals surface area contributed by atoms with Gasteiger partial charge in [0.05, 0.1) is 0 Å². The first kappa shape index (κ1) is 8.79. The van der Waals surface area contributed by atoms with Crippen molar-refractivity contribution in [3.05, 3.63) is 35.9 Å². The van der Waals surface area contributed by atoms with Crippen LogP contribution in [-0.2, 0) is 0 Å². The first-order chi connectivity index (χ1) is 5.34. The van der Waals surface area contributed by atoms with Crippen LogP contribution in [0.25, 0.3) is 0 Å². The fourth-order valence-electron chi connectivity index (χ4n) is 1.11. The molecule has 0 aliphatic carbocycles. The van der Waals surface area contributed by atoms with Gasteiger partial charge in [-0.3, -0.25) is 0 Å². The topological polar surface area (TPSA) is 0 Å². The summed E-state index contributed by atoms with van der Waals surface area (Å²) in [5, 5.41) is 1.09. The van der Waals surface area contributed by atoms with Crippen molar-refractivity contribution in [3.8, 4) is 0 Å². The maximum absolute atomic E-state index is 3.45. The molecule has 1 rings (SSSR count). The summed E-state index contributed by atoms with van der Waals surface area (Å²) in [5.74, 6) is 0.676. The van der Waals surface area contributed by atoms with Crippen molar-refractivity contribution in [1.82, 2.24) is 0 Å². The molecule has 0 spiro atoms. The number of alkyl halides is 1. The number of hydrogen-bond donors (Lipinski definition) is 0. The lowest BCUT2D eigenvalue weighted by Crippen LogP contribution is -1.92. The highest BCUT2D eigenvalue weighted by Gasteiger charge is 2.01. The third kappa shape index (κ3) is 2.66. The van der Waals surface area contributed by atoms with E-state index in [0.29, 0.717) is 5.92 Å². The Hall–Kier alpha value is -0.300. The van der Waals surface area contributed by atoms with Crippen LogP contribution in [-0.4, -0.2) is 5.33 Å². The van der Waals surface area contributed by atoms with Crippen molar-refractivity contribution in [2.24, 2.45) is 0 Å². The number of halogens is 1. The van der Waals surface area contributed by atoms with E-state index in [-0.39, 0.29) is 0 Å². The van der Waals surface area contributed by atoms with E-state index in [9.17, 15) is 0 Å². The summed E-state index contributed by atoms with van der Waals surface area (Å²) in [6, 6.07) is 10.6. The van der Waals surface area contributed by atoms with Gasteiger partial charge >= 0.3 is 0 Å². The molecule has 0 aliphatic heterocycles. The number of benzene rings is 1. The molecule has 1 unspecified atom stereocenters. The van der Waals surface area contributed by atoms with E-state index in [1.807, 2.05) is 0 Å². The van der Waals surface area contributed by atoms with Crippen molar-refractivity contribution < 1.29 is 0 Å². The summed E-state index contributed by atoms with van der Waals surface area (Å²) in [5.41, 5.74) is 1.44. The summed E-state index contributed by atoms with van der Waals surface area (Å²) in [6.07, 6.45) is 1.21. The van der Waals surface area contributed by atoms with Gasteiger partial charge in [0.25, 0.3) is 0 Å². The van der Waals surface area contributed by atoms with Crippen LogP contribution in [0.15, 0.2) is 30.3 Å². The molecule has 0 aromatic heterocycles. The molecule has 0 N–H and O–H groups in total. The van der Waals surface area contributed by atoms with Crippen LogP contribution >= 0.6 is 15.9 Å². The van der Waals surface area contributed by atoms with E-state index in [1.165, 1.54) is 12.0 Å². The van der Waals surface area contributed by atoms with Gasteiger partial charge in [0, 0.05) is 5.33 Å². The standard InChI is InChI=1S/C10H13Br/c1-9(7-8-11)10-5-3-2-4-6-10/h2-6,9H,7-8H2,1H3. The first-order valence-electron chi connectivity index (χ1n) is 3.95. The summed E-state index contributed by atoms with van der Waals surface area (Å²) < 4.78 is 0. The Morgan fingerprint density at radius 3 is 2.45 bits per heavy atom. The zero-order valence-electron chi connectivity index (χ0n) is 6.76. The number of rotatable bonds is 3. The van der Waals surface area contributed by atoms with Crippen LogP contribution in [0.3, 0.4) is 0 Å². The number of hydrogen-bond acceptors (Lipinski definition) is 0. The van der Waals surface area contributed by atoms with Crippen molar-refractivity contribution in [2.75, 3.05) is 5.33 Å². The van der Waals surface area contributed by atoms with Crippen LogP contribution in [0.1, 0.15) is 24.8 Å². The van der Waals surface area contributed by atoms with Gasteiger partial charge in [0.1, 0.15) is 0 Å². The van der Waals surface area contributed by atoms with Gasteiger partial charge in [-0.1, -0.05) is 53.2 Å². The van der Waals surface area contributed by atoms with E-state index in [4.69, 9.17) is 0 Å². The molecule has 0 heterocycles. The Labute approximate surface area is 76.8 Å². The minimum absolute atomic E-state index is 0.676. The van der Waals surface area contributed by atoms with Gasteiger partial charge < -0.3 is 0 Å². The third-order valence-corrected chi connectivity index (χ3v) is 2.37. The van der Waals surface area contributed by atoms with Crippen LogP contribution < -0.4 is 0 Å². The maximum atomic E-state index is 3.45. The van der Waals surface area contributed by atoms with E-state index in [1.54, 1.807) is 0 Å². The fraction of sp³-hybridized carbons (Fsp3) is 0.400. The molecule has 0 amide bonds. The van der Waals surface area contributed by atoms with Gasteiger partial charge in [-0.15, -0.1) is 0 Å². The molecule has 1 atom stereocenters. The summed E-state index contributed by atoms with van der Waals surface area (Å²) in [4.78, 5) is 0. The van der Waals surface area contributed by atoms with Crippen LogP contribution in [0, 0.1) is 0 Å². The average Bonchev–Trinajstić information content (AvgIpc) is 2.07. The largest absolute Gasteiger partial charge is 0.0928 e. The molecular formula is C10H13Br. The second-order valence-corrected chi connectivity index (χ2v) is 3.58. The normalized spacial score (nSPS) is 12.9. The summed E-state index contributed by atoms with van der Waals surface area (Å²) >= 11 is 3.45. The lowest BCUT2D eigenvalue weighted by Gasteiger charge is -2.08. The Morgan fingerprint density at radius 1 is 1.27 bits per heavy atom.